The zero-order chi connectivity index (χ0) is 22.4. The van der Waals surface area contributed by atoms with Crippen LogP contribution in [-0.2, 0) is 4.74 Å². The number of ether oxygens (including phenoxy) is 1. The summed E-state index contributed by atoms with van der Waals surface area (Å²) in [5.41, 5.74) is 4.82. The van der Waals surface area contributed by atoms with Crippen LogP contribution in [0.1, 0.15) is 69.8 Å². The Hall–Kier alpha value is -1.97. The summed E-state index contributed by atoms with van der Waals surface area (Å²) in [4.78, 5) is 6.81. The molecule has 1 aromatic carbocycles. The third-order valence-corrected chi connectivity index (χ3v) is 10.5. The van der Waals surface area contributed by atoms with Gasteiger partial charge in [0.15, 0.2) is 0 Å². The van der Waals surface area contributed by atoms with Gasteiger partial charge < -0.3 is 9.64 Å². The Morgan fingerprint density at radius 2 is 1.97 bits per heavy atom. The van der Waals surface area contributed by atoms with Crippen molar-refractivity contribution >= 4 is 10.8 Å². The van der Waals surface area contributed by atoms with Crippen molar-refractivity contribution < 1.29 is 4.74 Å². The highest BCUT2D eigenvalue weighted by atomic mass is 16.5. The van der Waals surface area contributed by atoms with Gasteiger partial charge in [0.1, 0.15) is 0 Å². The monoisotopic (exact) mass is 440 g/mol. The molecular formula is C30H36N2O. The quantitative estimate of drug-likeness (QED) is 0.540. The molecule has 5 aliphatic rings. The Kier molecular flexibility index (Phi) is 4.20. The Labute approximate surface area is 197 Å². The van der Waals surface area contributed by atoms with E-state index >= 15 is 0 Å². The second kappa shape index (κ2) is 6.79. The van der Waals surface area contributed by atoms with Crippen molar-refractivity contribution in [1.29, 1.82) is 0 Å². The summed E-state index contributed by atoms with van der Waals surface area (Å²) < 4.78 is 7.42. The molecule has 3 heteroatoms. The van der Waals surface area contributed by atoms with Crippen LogP contribution in [0.3, 0.4) is 0 Å². The average Bonchev–Trinajstić information content (AvgIpc) is 3.33. The minimum atomic E-state index is -0.0577. The molecule has 0 radical (unpaired) electrons. The molecule has 1 saturated heterocycles. The maximum atomic E-state index is 7.42. The van der Waals surface area contributed by atoms with Crippen molar-refractivity contribution in [3.63, 3.8) is 0 Å². The third kappa shape index (κ3) is 2.67. The molecule has 172 valence electrons. The van der Waals surface area contributed by atoms with E-state index in [-0.39, 0.29) is 16.6 Å². The summed E-state index contributed by atoms with van der Waals surface area (Å²) >= 11 is 0. The number of allylic oxidation sites excluding steroid dienone is 1. The van der Waals surface area contributed by atoms with Gasteiger partial charge in [-0.05, 0) is 117 Å². The third-order valence-electron chi connectivity index (χ3n) is 10.5. The van der Waals surface area contributed by atoms with Crippen molar-refractivity contribution in [3.05, 3.63) is 65.5 Å². The molecule has 2 spiro atoms. The minimum absolute atomic E-state index is 0.00448. The molecule has 3 fully saturated rings. The van der Waals surface area contributed by atoms with Crippen LogP contribution < -0.4 is 0 Å². The van der Waals surface area contributed by atoms with Crippen molar-refractivity contribution in [2.75, 3.05) is 14.1 Å². The molecule has 2 aliphatic heterocycles. The second-order valence-corrected chi connectivity index (χ2v) is 12.0. The molecule has 3 heterocycles. The van der Waals surface area contributed by atoms with E-state index in [1.807, 2.05) is 12.4 Å². The van der Waals surface area contributed by atoms with Gasteiger partial charge in [-0.1, -0.05) is 31.2 Å². The molecule has 3 aliphatic carbocycles. The zero-order valence-corrected chi connectivity index (χ0v) is 20.3. The fraction of sp³-hybridized carbons (Fsp3) is 0.567. The Balaban J connectivity index is 1.28. The van der Waals surface area contributed by atoms with E-state index in [1.165, 1.54) is 73.3 Å². The van der Waals surface area contributed by atoms with Crippen LogP contribution in [0.4, 0.5) is 0 Å². The number of rotatable bonds is 2. The van der Waals surface area contributed by atoms with Gasteiger partial charge in [0.2, 0.25) is 0 Å². The lowest BCUT2D eigenvalue weighted by Crippen LogP contribution is -2.55. The first kappa shape index (κ1) is 20.4. The van der Waals surface area contributed by atoms with Crippen LogP contribution in [0.5, 0.6) is 0 Å². The molecule has 3 nitrogen and oxygen atoms in total. The van der Waals surface area contributed by atoms with Gasteiger partial charge >= 0.3 is 0 Å². The van der Waals surface area contributed by atoms with E-state index in [9.17, 15) is 0 Å². The predicted octanol–water partition coefficient (Wildman–Crippen LogP) is 6.41. The van der Waals surface area contributed by atoms with Crippen LogP contribution in [-0.4, -0.2) is 41.2 Å². The van der Waals surface area contributed by atoms with E-state index in [0.717, 1.165) is 0 Å². The number of aromatic nitrogens is 1. The van der Waals surface area contributed by atoms with Gasteiger partial charge in [-0.15, -0.1) is 0 Å². The molecule has 33 heavy (non-hydrogen) atoms. The number of nitrogens with zero attached hydrogens (tertiary/aromatic N) is 2. The minimum Gasteiger partial charge on any atom is -0.359 e. The van der Waals surface area contributed by atoms with Gasteiger partial charge in [-0.25, -0.2) is 0 Å². The van der Waals surface area contributed by atoms with Crippen LogP contribution in [0.15, 0.2) is 60.0 Å². The van der Waals surface area contributed by atoms with E-state index < -0.39 is 0 Å². The second-order valence-electron chi connectivity index (χ2n) is 12.0. The van der Waals surface area contributed by atoms with E-state index in [0.29, 0.717) is 17.9 Å². The molecule has 7 rings (SSSR count). The first-order chi connectivity index (χ1) is 15.9. The summed E-state index contributed by atoms with van der Waals surface area (Å²) in [6.07, 6.45) is 18.9. The standard InChI is InChI=1S/C30H36N2O/c1-28-12-10-24-17-23-6-7-25(32(2)3)18-29(23)13-14-30(24,33-29)27(28)9-8-26(28)21-5-4-20-11-15-31-19-22(20)16-21/h4-5,10-11,15-17,19,25-27H,6-9,12-14,18H2,1-3H3/t25?,26?,27-,28+,29-,30-/m1/s1. The fourth-order valence-electron chi connectivity index (χ4n) is 8.69. The summed E-state index contributed by atoms with van der Waals surface area (Å²) in [6.45, 7) is 2.57. The highest BCUT2D eigenvalue weighted by Gasteiger charge is 2.66. The summed E-state index contributed by atoms with van der Waals surface area (Å²) in [5.74, 6) is 1.20. The number of pyridine rings is 1. The molecule has 6 atom stereocenters. The van der Waals surface area contributed by atoms with Gasteiger partial charge in [-0.2, -0.15) is 0 Å². The molecule has 0 amide bonds. The SMILES string of the molecule is CN(C)C1CCC2=CC3=CC[C@@]4(C)C(c5ccc6ccncc6c5)CC[C@H]4[C@@]34CC[C@]2(C1)O4. The van der Waals surface area contributed by atoms with Crippen molar-refractivity contribution in [2.45, 2.75) is 81.5 Å². The average molecular weight is 441 g/mol. The lowest BCUT2D eigenvalue weighted by molar-refractivity contribution is -0.139. The summed E-state index contributed by atoms with van der Waals surface area (Å²) in [7, 11) is 4.49. The smallest absolute Gasteiger partial charge is 0.0974 e. The van der Waals surface area contributed by atoms with Gasteiger partial charge in [0.25, 0.3) is 0 Å². The van der Waals surface area contributed by atoms with E-state index in [1.54, 1.807) is 5.57 Å². The van der Waals surface area contributed by atoms with Crippen LogP contribution in [0.2, 0.25) is 0 Å². The topological polar surface area (TPSA) is 25.4 Å². The molecular weight excluding hydrogens is 404 g/mol. The van der Waals surface area contributed by atoms with Crippen LogP contribution in [0.25, 0.3) is 10.8 Å². The largest absolute Gasteiger partial charge is 0.359 e. The molecule has 2 bridgehead atoms. The maximum absolute atomic E-state index is 7.42. The van der Waals surface area contributed by atoms with E-state index in [2.05, 4.69) is 67.3 Å². The first-order valence-corrected chi connectivity index (χ1v) is 13.1. The van der Waals surface area contributed by atoms with Gasteiger partial charge in [0.05, 0.1) is 11.2 Å². The fourth-order valence-corrected chi connectivity index (χ4v) is 8.69. The number of hydrogen-bond acceptors (Lipinski definition) is 3. The number of benzene rings is 1. The van der Waals surface area contributed by atoms with Gasteiger partial charge in [0, 0.05) is 23.8 Å². The molecule has 2 saturated carbocycles. The van der Waals surface area contributed by atoms with Crippen LogP contribution in [0, 0.1) is 11.3 Å². The highest BCUT2D eigenvalue weighted by molar-refractivity contribution is 5.82. The molecule has 2 aromatic rings. The predicted molar refractivity (Wildman–Crippen MR) is 133 cm³/mol. The first-order valence-electron chi connectivity index (χ1n) is 13.1. The summed E-state index contributed by atoms with van der Waals surface area (Å²) in [5, 5.41) is 2.56. The highest BCUT2D eigenvalue weighted by Crippen LogP contribution is 2.69. The maximum Gasteiger partial charge on any atom is 0.0974 e. The van der Waals surface area contributed by atoms with E-state index in [4.69, 9.17) is 4.74 Å². The normalized spacial score (nSPS) is 41.4. The summed E-state index contributed by atoms with van der Waals surface area (Å²) in [6, 6.07) is 9.86. The molecule has 0 N–H and O–H groups in total. The molecule has 2 unspecified atom stereocenters. The van der Waals surface area contributed by atoms with Gasteiger partial charge in [-0.3, -0.25) is 4.98 Å². The Bertz CT molecular complexity index is 1200. The van der Waals surface area contributed by atoms with Crippen molar-refractivity contribution in [1.82, 2.24) is 9.88 Å². The zero-order valence-electron chi connectivity index (χ0n) is 20.3. The van der Waals surface area contributed by atoms with Crippen LogP contribution >= 0.6 is 0 Å². The number of hydrogen-bond donors (Lipinski definition) is 0. The molecule has 1 aromatic heterocycles. The Morgan fingerprint density at radius 1 is 1.06 bits per heavy atom. The van der Waals surface area contributed by atoms with Crippen molar-refractivity contribution in [2.24, 2.45) is 11.3 Å². The van der Waals surface area contributed by atoms with Crippen molar-refractivity contribution in [3.8, 4) is 0 Å². The lowest BCUT2D eigenvalue weighted by Gasteiger charge is -2.54. The lowest BCUT2D eigenvalue weighted by atomic mass is 9.58. The Morgan fingerprint density at radius 3 is 2.85 bits per heavy atom. The number of fused-ring (bicyclic) bond motifs is 2.